The Kier molecular flexibility index (Phi) is 6.77. The monoisotopic (exact) mass is 420 g/mol. The fourth-order valence-corrected chi connectivity index (χ4v) is 3.32. The van der Waals surface area contributed by atoms with Crippen LogP contribution in [0, 0.1) is 6.92 Å². The first-order valence-electron chi connectivity index (χ1n) is 9.49. The van der Waals surface area contributed by atoms with E-state index in [4.69, 9.17) is 9.57 Å². The minimum absolute atomic E-state index is 0.126. The van der Waals surface area contributed by atoms with E-state index in [-0.39, 0.29) is 31.7 Å². The van der Waals surface area contributed by atoms with Gasteiger partial charge in [0.1, 0.15) is 6.61 Å². The fraction of sp³-hybridized carbons (Fsp3) is 0.364. The maximum atomic E-state index is 12.8. The van der Waals surface area contributed by atoms with E-state index in [2.05, 4.69) is 5.16 Å². The van der Waals surface area contributed by atoms with Crippen LogP contribution in [0.1, 0.15) is 28.7 Å². The van der Waals surface area contributed by atoms with Crippen LogP contribution in [0.3, 0.4) is 0 Å². The number of amides is 1. The van der Waals surface area contributed by atoms with Crippen molar-refractivity contribution in [1.29, 1.82) is 0 Å². The molecule has 0 unspecified atom stereocenters. The quantitative estimate of drug-likeness (QED) is 0.675. The number of rotatable bonds is 7. The van der Waals surface area contributed by atoms with Crippen molar-refractivity contribution in [2.75, 3.05) is 20.3 Å². The lowest BCUT2D eigenvalue weighted by Crippen LogP contribution is -2.39. The average Bonchev–Trinajstić information content (AvgIpc) is 3.16. The van der Waals surface area contributed by atoms with E-state index < -0.39 is 11.7 Å². The molecule has 0 aromatic heterocycles. The van der Waals surface area contributed by atoms with E-state index in [1.54, 1.807) is 0 Å². The molecule has 0 spiro atoms. The molecule has 0 radical (unpaired) electrons. The Bertz CT molecular complexity index is 911. The molecule has 0 aliphatic carbocycles. The van der Waals surface area contributed by atoms with Crippen molar-refractivity contribution < 1.29 is 27.5 Å². The van der Waals surface area contributed by atoms with Crippen LogP contribution in [-0.2, 0) is 27.1 Å². The summed E-state index contributed by atoms with van der Waals surface area (Å²) in [5, 5.41) is 4.17. The molecule has 0 saturated heterocycles. The summed E-state index contributed by atoms with van der Waals surface area (Å²) in [5.41, 5.74) is 2.75. The van der Waals surface area contributed by atoms with Gasteiger partial charge in [-0.3, -0.25) is 4.79 Å². The fourth-order valence-electron chi connectivity index (χ4n) is 3.32. The minimum Gasteiger partial charge on any atom is -0.390 e. The highest BCUT2D eigenvalue weighted by Gasteiger charge is 2.30. The SMILES string of the molecule is COCC(=O)N(Cc1ccc(C(F)(F)F)cc1)C[C@@H]1CC(c2ccccc2C)=NO1. The number of halogens is 3. The van der Waals surface area contributed by atoms with Gasteiger partial charge in [-0.05, 0) is 30.2 Å². The van der Waals surface area contributed by atoms with E-state index in [1.807, 2.05) is 31.2 Å². The van der Waals surface area contributed by atoms with Crippen LogP contribution in [0.2, 0.25) is 0 Å². The van der Waals surface area contributed by atoms with Gasteiger partial charge in [0.05, 0.1) is 17.8 Å². The van der Waals surface area contributed by atoms with Crippen molar-refractivity contribution in [3.63, 3.8) is 0 Å². The molecule has 160 valence electrons. The third-order valence-electron chi connectivity index (χ3n) is 4.89. The van der Waals surface area contributed by atoms with Crippen molar-refractivity contribution in [3.05, 3.63) is 70.8 Å². The van der Waals surface area contributed by atoms with Crippen molar-refractivity contribution in [1.82, 2.24) is 4.90 Å². The largest absolute Gasteiger partial charge is 0.416 e. The van der Waals surface area contributed by atoms with Gasteiger partial charge in [0.15, 0.2) is 6.10 Å². The van der Waals surface area contributed by atoms with Crippen LogP contribution >= 0.6 is 0 Å². The zero-order valence-electron chi connectivity index (χ0n) is 16.8. The molecule has 1 aliphatic heterocycles. The molecule has 1 aliphatic rings. The summed E-state index contributed by atoms with van der Waals surface area (Å²) in [6, 6.07) is 12.6. The molecular formula is C22H23F3N2O3. The zero-order chi connectivity index (χ0) is 21.7. The number of aryl methyl sites for hydroxylation is 1. The predicted molar refractivity (Wildman–Crippen MR) is 106 cm³/mol. The van der Waals surface area contributed by atoms with Gasteiger partial charge in [-0.25, -0.2) is 0 Å². The Morgan fingerprint density at radius 2 is 1.90 bits per heavy atom. The predicted octanol–water partition coefficient (Wildman–Crippen LogP) is 4.18. The number of methoxy groups -OCH3 is 1. The summed E-state index contributed by atoms with van der Waals surface area (Å²) in [5.74, 6) is -0.273. The van der Waals surface area contributed by atoms with E-state index in [9.17, 15) is 18.0 Å². The molecule has 30 heavy (non-hydrogen) atoms. The Hall–Kier alpha value is -2.87. The van der Waals surface area contributed by atoms with Gasteiger partial charge >= 0.3 is 6.18 Å². The van der Waals surface area contributed by atoms with Crippen LogP contribution in [0.25, 0.3) is 0 Å². The number of hydrogen-bond acceptors (Lipinski definition) is 4. The van der Waals surface area contributed by atoms with Crippen LogP contribution in [0.5, 0.6) is 0 Å². The molecule has 0 fully saturated rings. The van der Waals surface area contributed by atoms with Gasteiger partial charge in [-0.2, -0.15) is 13.2 Å². The first kappa shape index (κ1) is 21.8. The Balaban J connectivity index is 1.68. The highest BCUT2D eigenvalue weighted by Crippen LogP contribution is 2.29. The number of ether oxygens (including phenoxy) is 1. The number of oxime groups is 1. The maximum Gasteiger partial charge on any atom is 0.416 e. The van der Waals surface area contributed by atoms with Gasteiger partial charge in [0.2, 0.25) is 5.91 Å². The summed E-state index contributed by atoms with van der Waals surface area (Å²) < 4.78 is 43.3. The second-order valence-corrected chi connectivity index (χ2v) is 7.19. The lowest BCUT2D eigenvalue weighted by molar-refractivity contribution is -0.138. The van der Waals surface area contributed by atoms with Crippen LogP contribution in [0.4, 0.5) is 13.2 Å². The second-order valence-electron chi connectivity index (χ2n) is 7.19. The molecule has 0 bridgehead atoms. The highest BCUT2D eigenvalue weighted by molar-refractivity contribution is 6.02. The Morgan fingerprint density at radius 3 is 2.53 bits per heavy atom. The molecule has 0 N–H and O–H groups in total. The number of hydrogen-bond donors (Lipinski definition) is 0. The van der Waals surface area contributed by atoms with Crippen molar-refractivity contribution in [2.24, 2.45) is 5.16 Å². The van der Waals surface area contributed by atoms with E-state index in [0.29, 0.717) is 12.0 Å². The molecular weight excluding hydrogens is 397 g/mol. The van der Waals surface area contributed by atoms with Gasteiger partial charge in [0, 0.05) is 25.6 Å². The second kappa shape index (κ2) is 9.30. The molecule has 5 nitrogen and oxygen atoms in total. The molecule has 8 heteroatoms. The van der Waals surface area contributed by atoms with Crippen LogP contribution in [-0.4, -0.2) is 42.9 Å². The maximum absolute atomic E-state index is 12.8. The topological polar surface area (TPSA) is 51.1 Å². The molecule has 1 heterocycles. The van der Waals surface area contributed by atoms with Crippen molar-refractivity contribution in [2.45, 2.75) is 32.2 Å². The van der Waals surface area contributed by atoms with Gasteiger partial charge in [0.25, 0.3) is 0 Å². The van der Waals surface area contributed by atoms with Gasteiger partial charge in [-0.1, -0.05) is 41.6 Å². The average molecular weight is 420 g/mol. The molecule has 3 rings (SSSR count). The van der Waals surface area contributed by atoms with Crippen LogP contribution in [0.15, 0.2) is 53.7 Å². The number of carbonyl (C=O) groups is 1. The van der Waals surface area contributed by atoms with E-state index in [0.717, 1.165) is 29.0 Å². The molecule has 0 saturated carbocycles. The summed E-state index contributed by atoms with van der Waals surface area (Å²) in [6.07, 6.45) is -4.20. The number of benzene rings is 2. The van der Waals surface area contributed by atoms with Gasteiger partial charge < -0.3 is 14.5 Å². The minimum atomic E-state index is -4.40. The smallest absolute Gasteiger partial charge is 0.390 e. The van der Waals surface area contributed by atoms with Gasteiger partial charge in [-0.15, -0.1) is 0 Å². The molecule has 1 amide bonds. The lowest BCUT2D eigenvalue weighted by Gasteiger charge is -2.25. The van der Waals surface area contributed by atoms with Crippen LogP contribution < -0.4 is 0 Å². The van der Waals surface area contributed by atoms with Crippen molar-refractivity contribution >= 4 is 11.6 Å². The summed E-state index contributed by atoms with van der Waals surface area (Å²) in [6.45, 7) is 2.27. The third-order valence-corrected chi connectivity index (χ3v) is 4.89. The van der Waals surface area contributed by atoms with E-state index >= 15 is 0 Å². The number of nitrogens with zero attached hydrogens (tertiary/aromatic N) is 2. The molecule has 2 aromatic carbocycles. The molecule has 1 atom stereocenters. The summed E-state index contributed by atoms with van der Waals surface area (Å²) >= 11 is 0. The summed E-state index contributed by atoms with van der Waals surface area (Å²) in [7, 11) is 1.42. The third kappa shape index (κ3) is 5.38. The number of alkyl halides is 3. The standard InChI is InChI=1S/C22H23F3N2O3/c1-15-5-3-4-6-19(15)20-11-18(30-26-20)13-27(21(28)14-29-2)12-16-7-9-17(10-8-16)22(23,24)25/h3-10,18H,11-14H2,1-2H3/t18-/m0/s1. The first-order valence-corrected chi connectivity index (χ1v) is 9.49. The zero-order valence-corrected chi connectivity index (χ0v) is 16.8. The first-order chi connectivity index (χ1) is 14.3. The number of carbonyl (C=O) groups excluding carboxylic acids is 1. The normalized spacial score (nSPS) is 16.2. The lowest BCUT2D eigenvalue weighted by atomic mass is 10.00. The Labute approximate surface area is 173 Å². The van der Waals surface area contributed by atoms with Crippen molar-refractivity contribution in [3.8, 4) is 0 Å². The molecule has 2 aromatic rings. The summed E-state index contributed by atoms with van der Waals surface area (Å²) in [4.78, 5) is 19.6. The Morgan fingerprint density at radius 1 is 1.20 bits per heavy atom. The highest BCUT2D eigenvalue weighted by atomic mass is 19.4. The van der Waals surface area contributed by atoms with E-state index in [1.165, 1.54) is 24.1 Å².